The fourth-order valence-electron chi connectivity index (χ4n) is 1.17. The highest BCUT2D eigenvalue weighted by atomic mass is 16.5. The molecule has 0 aliphatic rings. The Labute approximate surface area is 99.4 Å². The summed E-state index contributed by atoms with van der Waals surface area (Å²) in [5.74, 6) is -0.539. The first kappa shape index (κ1) is 13.1. The molecule has 6 heteroatoms. The summed E-state index contributed by atoms with van der Waals surface area (Å²) in [4.78, 5) is 30.1. The van der Waals surface area contributed by atoms with E-state index in [4.69, 9.17) is 4.74 Å². The SMILES string of the molecule is CCOC(=O)CCCNC(=O)c1cnccn1. The maximum absolute atomic E-state index is 11.5. The number of nitrogens with zero attached hydrogens (tertiary/aromatic N) is 2. The molecule has 1 N–H and O–H groups in total. The van der Waals surface area contributed by atoms with Crippen LogP contribution >= 0.6 is 0 Å². The van der Waals surface area contributed by atoms with E-state index in [1.807, 2.05) is 0 Å². The van der Waals surface area contributed by atoms with Crippen molar-refractivity contribution in [1.29, 1.82) is 0 Å². The summed E-state index contributed by atoms with van der Waals surface area (Å²) in [7, 11) is 0. The van der Waals surface area contributed by atoms with Crippen molar-refractivity contribution in [3.05, 3.63) is 24.3 Å². The molecule has 0 saturated heterocycles. The summed E-state index contributed by atoms with van der Waals surface area (Å²) >= 11 is 0. The van der Waals surface area contributed by atoms with Crippen LogP contribution in [0.3, 0.4) is 0 Å². The molecule has 0 unspecified atom stereocenters. The number of hydrogen-bond donors (Lipinski definition) is 1. The van der Waals surface area contributed by atoms with Crippen molar-refractivity contribution in [3.63, 3.8) is 0 Å². The standard InChI is InChI=1S/C11H15N3O3/c1-2-17-10(15)4-3-5-14-11(16)9-8-12-6-7-13-9/h6-8H,2-5H2,1H3,(H,14,16). The topological polar surface area (TPSA) is 81.2 Å². The number of hydrogen-bond acceptors (Lipinski definition) is 5. The predicted molar refractivity (Wildman–Crippen MR) is 60.2 cm³/mol. The zero-order valence-electron chi connectivity index (χ0n) is 9.68. The van der Waals surface area contributed by atoms with Gasteiger partial charge in [-0.1, -0.05) is 0 Å². The lowest BCUT2D eigenvalue weighted by Gasteiger charge is -2.04. The summed E-state index contributed by atoms with van der Waals surface area (Å²) < 4.78 is 4.76. The number of esters is 1. The third kappa shape index (κ3) is 5.05. The Balaban J connectivity index is 2.19. The highest BCUT2D eigenvalue weighted by Gasteiger charge is 2.06. The van der Waals surface area contributed by atoms with Crippen molar-refractivity contribution in [3.8, 4) is 0 Å². The predicted octanol–water partition coefficient (Wildman–Crippen LogP) is 0.550. The minimum atomic E-state index is -0.290. The summed E-state index contributed by atoms with van der Waals surface area (Å²) in [6, 6.07) is 0. The van der Waals surface area contributed by atoms with Gasteiger partial charge in [-0.05, 0) is 13.3 Å². The molecule has 0 saturated carbocycles. The Morgan fingerprint density at radius 3 is 2.88 bits per heavy atom. The van der Waals surface area contributed by atoms with Crippen LogP contribution in [0.4, 0.5) is 0 Å². The smallest absolute Gasteiger partial charge is 0.305 e. The Morgan fingerprint density at radius 1 is 1.41 bits per heavy atom. The second kappa shape index (κ2) is 7.32. The fourth-order valence-corrected chi connectivity index (χ4v) is 1.17. The van der Waals surface area contributed by atoms with Crippen LogP contribution in [0.15, 0.2) is 18.6 Å². The first-order chi connectivity index (χ1) is 8.24. The van der Waals surface area contributed by atoms with E-state index < -0.39 is 0 Å². The highest BCUT2D eigenvalue weighted by Crippen LogP contribution is 1.93. The maximum Gasteiger partial charge on any atom is 0.305 e. The van der Waals surface area contributed by atoms with Crippen LogP contribution in [-0.2, 0) is 9.53 Å². The van der Waals surface area contributed by atoms with E-state index in [0.717, 1.165) is 0 Å². The van der Waals surface area contributed by atoms with Crippen molar-refractivity contribution in [2.45, 2.75) is 19.8 Å². The molecule has 17 heavy (non-hydrogen) atoms. The number of rotatable bonds is 6. The third-order valence-electron chi connectivity index (χ3n) is 1.94. The first-order valence-electron chi connectivity index (χ1n) is 5.44. The van der Waals surface area contributed by atoms with Gasteiger partial charge in [0, 0.05) is 25.4 Å². The number of nitrogens with one attached hydrogen (secondary N) is 1. The fraction of sp³-hybridized carbons (Fsp3) is 0.455. The zero-order valence-corrected chi connectivity index (χ0v) is 9.68. The largest absolute Gasteiger partial charge is 0.466 e. The zero-order chi connectivity index (χ0) is 12.5. The summed E-state index contributed by atoms with van der Waals surface area (Å²) in [6.45, 7) is 2.55. The van der Waals surface area contributed by atoms with Gasteiger partial charge in [-0.3, -0.25) is 14.6 Å². The lowest BCUT2D eigenvalue weighted by atomic mass is 10.3. The van der Waals surface area contributed by atoms with Gasteiger partial charge in [0.25, 0.3) is 5.91 Å². The second-order valence-corrected chi connectivity index (χ2v) is 3.26. The molecule has 0 aliphatic heterocycles. The molecule has 0 aromatic carbocycles. The first-order valence-corrected chi connectivity index (χ1v) is 5.44. The van der Waals surface area contributed by atoms with Gasteiger partial charge in [0.1, 0.15) is 5.69 Å². The third-order valence-corrected chi connectivity index (χ3v) is 1.94. The molecule has 0 fully saturated rings. The van der Waals surface area contributed by atoms with Crippen LogP contribution in [0.5, 0.6) is 0 Å². The molecule has 92 valence electrons. The Hall–Kier alpha value is -1.98. The summed E-state index contributed by atoms with van der Waals surface area (Å²) in [5, 5.41) is 2.65. The lowest BCUT2D eigenvalue weighted by Crippen LogP contribution is -2.26. The molecule has 1 amide bonds. The van der Waals surface area contributed by atoms with Crippen LogP contribution in [0, 0.1) is 0 Å². The van der Waals surface area contributed by atoms with Crippen LogP contribution in [-0.4, -0.2) is 35.0 Å². The average Bonchev–Trinajstić information content (AvgIpc) is 2.36. The molecular weight excluding hydrogens is 222 g/mol. The highest BCUT2D eigenvalue weighted by molar-refractivity contribution is 5.91. The molecule has 0 radical (unpaired) electrons. The number of aromatic nitrogens is 2. The van der Waals surface area contributed by atoms with E-state index in [1.54, 1.807) is 6.92 Å². The van der Waals surface area contributed by atoms with E-state index >= 15 is 0 Å². The minimum absolute atomic E-state index is 0.249. The molecule has 0 spiro atoms. The summed E-state index contributed by atoms with van der Waals surface area (Å²) in [6.07, 6.45) is 5.19. The second-order valence-electron chi connectivity index (χ2n) is 3.26. The van der Waals surface area contributed by atoms with Gasteiger partial charge in [0.2, 0.25) is 0 Å². The monoisotopic (exact) mass is 237 g/mol. The molecule has 0 aliphatic carbocycles. The maximum atomic E-state index is 11.5. The van der Waals surface area contributed by atoms with Crippen LogP contribution < -0.4 is 5.32 Å². The van der Waals surface area contributed by atoms with Gasteiger partial charge in [0.15, 0.2) is 0 Å². The Kier molecular flexibility index (Phi) is 5.63. The summed E-state index contributed by atoms with van der Waals surface area (Å²) in [5.41, 5.74) is 0.267. The Bertz CT molecular complexity index is 367. The van der Waals surface area contributed by atoms with Crippen LogP contribution in [0.2, 0.25) is 0 Å². The van der Waals surface area contributed by atoms with Gasteiger partial charge >= 0.3 is 5.97 Å². The van der Waals surface area contributed by atoms with Crippen molar-refractivity contribution < 1.29 is 14.3 Å². The minimum Gasteiger partial charge on any atom is -0.466 e. The lowest BCUT2D eigenvalue weighted by molar-refractivity contribution is -0.143. The normalized spacial score (nSPS) is 9.71. The molecular formula is C11H15N3O3. The molecule has 1 rings (SSSR count). The number of ether oxygens (including phenoxy) is 1. The molecule has 1 heterocycles. The van der Waals surface area contributed by atoms with E-state index in [1.165, 1.54) is 18.6 Å². The van der Waals surface area contributed by atoms with Crippen LogP contribution in [0.25, 0.3) is 0 Å². The molecule has 1 aromatic heterocycles. The van der Waals surface area contributed by atoms with E-state index in [0.29, 0.717) is 26.0 Å². The van der Waals surface area contributed by atoms with Gasteiger partial charge in [-0.15, -0.1) is 0 Å². The van der Waals surface area contributed by atoms with E-state index in [9.17, 15) is 9.59 Å². The molecule has 6 nitrogen and oxygen atoms in total. The van der Waals surface area contributed by atoms with Crippen molar-refractivity contribution in [2.75, 3.05) is 13.2 Å². The molecule has 1 aromatic rings. The molecule has 0 atom stereocenters. The van der Waals surface area contributed by atoms with Gasteiger partial charge in [-0.25, -0.2) is 4.98 Å². The van der Waals surface area contributed by atoms with E-state index in [2.05, 4.69) is 15.3 Å². The Morgan fingerprint density at radius 2 is 2.24 bits per heavy atom. The van der Waals surface area contributed by atoms with Gasteiger partial charge < -0.3 is 10.1 Å². The number of amides is 1. The average molecular weight is 237 g/mol. The van der Waals surface area contributed by atoms with Crippen molar-refractivity contribution >= 4 is 11.9 Å². The quantitative estimate of drug-likeness (QED) is 0.577. The number of carbonyl (C=O) groups is 2. The van der Waals surface area contributed by atoms with Gasteiger partial charge in [-0.2, -0.15) is 0 Å². The van der Waals surface area contributed by atoms with Crippen molar-refractivity contribution in [2.24, 2.45) is 0 Å². The van der Waals surface area contributed by atoms with Crippen LogP contribution in [0.1, 0.15) is 30.3 Å². The van der Waals surface area contributed by atoms with Gasteiger partial charge in [0.05, 0.1) is 12.8 Å². The van der Waals surface area contributed by atoms with E-state index in [-0.39, 0.29) is 17.6 Å². The number of carbonyl (C=O) groups excluding carboxylic acids is 2. The molecule has 0 bridgehead atoms. The van der Waals surface area contributed by atoms with Crippen molar-refractivity contribution in [1.82, 2.24) is 15.3 Å².